The van der Waals surface area contributed by atoms with Crippen molar-refractivity contribution in [3.8, 4) is 0 Å². The highest BCUT2D eigenvalue weighted by molar-refractivity contribution is 5.93. The van der Waals surface area contributed by atoms with Gasteiger partial charge in [0.2, 0.25) is 0 Å². The van der Waals surface area contributed by atoms with Crippen molar-refractivity contribution in [1.82, 2.24) is 19.5 Å². The molecule has 2 fully saturated rings. The number of amides is 2. The first-order valence-corrected chi connectivity index (χ1v) is 11.3. The molecule has 0 bridgehead atoms. The van der Waals surface area contributed by atoms with E-state index in [-0.39, 0.29) is 23.7 Å². The van der Waals surface area contributed by atoms with Crippen molar-refractivity contribution in [1.29, 1.82) is 0 Å². The number of likely N-dealkylation sites (tertiary alicyclic amines) is 1. The molecule has 0 radical (unpaired) electrons. The van der Waals surface area contributed by atoms with Gasteiger partial charge in [0.25, 0.3) is 6.43 Å². The van der Waals surface area contributed by atoms with E-state index >= 15 is 0 Å². The van der Waals surface area contributed by atoms with Gasteiger partial charge in [-0.1, -0.05) is 6.07 Å². The number of nitrogens with zero attached hydrogens (tertiary/aromatic N) is 5. The number of carbonyl (C=O) groups excluding carboxylic acids is 1. The lowest BCUT2D eigenvalue weighted by Gasteiger charge is -2.30. The van der Waals surface area contributed by atoms with Crippen molar-refractivity contribution in [3.05, 3.63) is 53.6 Å². The third-order valence-corrected chi connectivity index (χ3v) is 6.47. The summed E-state index contributed by atoms with van der Waals surface area (Å²) in [6, 6.07) is 4.32. The summed E-state index contributed by atoms with van der Waals surface area (Å²) in [6.07, 6.45) is 2.66. The fourth-order valence-corrected chi connectivity index (χ4v) is 4.84. The van der Waals surface area contributed by atoms with Gasteiger partial charge >= 0.3 is 6.03 Å². The van der Waals surface area contributed by atoms with Crippen LogP contribution in [0.5, 0.6) is 0 Å². The van der Waals surface area contributed by atoms with Crippen LogP contribution in [0.4, 0.5) is 29.5 Å². The predicted octanol–water partition coefficient (Wildman–Crippen LogP) is 4.14. The zero-order chi connectivity index (χ0) is 23.8. The van der Waals surface area contributed by atoms with Crippen LogP contribution in [0.15, 0.2) is 36.7 Å². The number of halogens is 3. The molecule has 2 aromatic heterocycles. The molecule has 2 amide bonds. The third kappa shape index (κ3) is 4.27. The average Bonchev–Trinajstić information content (AvgIpc) is 3.46. The largest absolute Gasteiger partial charge is 0.391 e. The minimum atomic E-state index is -2.71. The van der Waals surface area contributed by atoms with E-state index in [0.29, 0.717) is 43.1 Å². The van der Waals surface area contributed by atoms with Gasteiger partial charge in [0.05, 0.1) is 18.3 Å². The van der Waals surface area contributed by atoms with Crippen LogP contribution >= 0.6 is 0 Å². The Hall–Kier alpha value is -3.34. The van der Waals surface area contributed by atoms with Crippen LogP contribution in [-0.2, 0) is 0 Å². The summed E-state index contributed by atoms with van der Waals surface area (Å²) in [5, 5.41) is 16.9. The number of benzene rings is 1. The highest BCUT2D eigenvalue weighted by atomic mass is 19.3. The van der Waals surface area contributed by atoms with Gasteiger partial charge in [0, 0.05) is 31.4 Å². The number of hydrogen-bond acceptors (Lipinski definition) is 5. The third-order valence-electron chi connectivity index (χ3n) is 6.47. The van der Waals surface area contributed by atoms with Gasteiger partial charge in [-0.15, -0.1) is 0 Å². The molecule has 34 heavy (non-hydrogen) atoms. The molecule has 8 nitrogen and oxygen atoms in total. The monoisotopic (exact) mass is 474 g/mol. The Bertz CT molecular complexity index is 1200. The molecule has 2 saturated heterocycles. The van der Waals surface area contributed by atoms with Crippen molar-refractivity contribution in [2.75, 3.05) is 29.9 Å². The zero-order valence-corrected chi connectivity index (χ0v) is 18.4. The average molecular weight is 474 g/mol. The highest BCUT2D eigenvalue weighted by Crippen LogP contribution is 2.39. The van der Waals surface area contributed by atoms with E-state index in [1.165, 1.54) is 16.8 Å². The normalized spacial score (nSPS) is 21.0. The van der Waals surface area contributed by atoms with Gasteiger partial charge in [-0.2, -0.15) is 5.10 Å². The topological polar surface area (TPSA) is 86.0 Å². The molecule has 0 aliphatic carbocycles. The molecule has 0 unspecified atom stereocenters. The first kappa shape index (κ1) is 22.5. The van der Waals surface area contributed by atoms with Crippen LogP contribution in [0.3, 0.4) is 0 Å². The van der Waals surface area contributed by atoms with Crippen molar-refractivity contribution in [3.63, 3.8) is 0 Å². The number of hydrogen-bond donors (Lipinski definition) is 2. The van der Waals surface area contributed by atoms with Crippen LogP contribution in [0.1, 0.15) is 49.3 Å². The van der Waals surface area contributed by atoms with E-state index in [9.17, 15) is 23.1 Å². The smallest absolute Gasteiger partial charge is 0.322 e. The Balaban J connectivity index is 1.43. The molecule has 2 aliphatic rings. The van der Waals surface area contributed by atoms with Crippen LogP contribution in [-0.4, -0.2) is 56.4 Å². The number of aromatic nitrogens is 3. The molecule has 2 N–H and O–H groups in total. The summed E-state index contributed by atoms with van der Waals surface area (Å²) in [5.74, 6) is -0.0258. The van der Waals surface area contributed by atoms with Crippen molar-refractivity contribution >= 4 is 23.2 Å². The van der Waals surface area contributed by atoms with Gasteiger partial charge in [-0.3, -0.25) is 0 Å². The summed E-state index contributed by atoms with van der Waals surface area (Å²) in [7, 11) is 0. The first-order chi connectivity index (χ1) is 16.4. The van der Waals surface area contributed by atoms with E-state index in [1.807, 2.05) is 4.90 Å². The molecular formula is C23H25F3N6O2. The summed E-state index contributed by atoms with van der Waals surface area (Å²) in [4.78, 5) is 20.8. The van der Waals surface area contributed by atoms with Crippen molar-refractivity contribution in [2.24, 2.45) is 0 Å². The Labute approximate surface area is 194 Å². The van der Waals surface area contributed by atoms with E-state index in [4.69, 9.17) is 0 Å². The number of carbonyl (C=O) groups is 1. The molecule has 3 aromatic rings. The number of β-amino-alcohol motifs (C(OH)–C–C–N with tert-alkyl or cyclic N) is 1. The number of fused-ring (bicyclic) bond motifs is 1. The number of piperidine rings is 1. The number of nitrogens with one attached hydrogen (secondary N) is 1. The second-order valence-corrected chi connectivity index (χ2v) is 8.71. The molecule has 5 rings (SSSR count). The number of anilines is 2. The van der Waals surface area contributed by atoms with Crippen LogP contribution in [0, 0.1) is 5.82 Å². The maximum absolute atomic E-state index is 14.0. The maximum atomic E-state index is 14.0. The van der Waals surface area contributed by atoms with E-state index in [2.05, 4.69) is 15.4 Å². The van der Waals surface area contributed by atoms with Crippen molar-refractivity contribution in [2.45, 2.75) is 44.3 Å². The van der Waals surface area contributed by atoms with Crippen LogP contribution in [0.25, 0.3) is 5.65 Å². The Morgan fingerprint density at radius 1 is 1.18 bits per heavy atom. The minimum absolute atomic E-state index is 0.180. The maximum Gasteiger partial charge on any atom is 0.322 e. The lowest BCUT2D eigenvalue weighted by molar-refractivity contribution is 0.0883. The predicted molar refractivity (Wildman–Crippen MR) is 119 cm³/mol. The van der Waals surface area contributed by atoms with Gasteiger partial charge in [0.1, 0.15) is 17.3 Å². The second-order valence-electron chi connectivity index (χ2n) is 8.71. The molecule has 4 heterocycles. The van der Waals surface area contributed by atoms with E-state index in [1.54, 1.807) is 17.2 Å². The van der Waals surface area contributed by atoms with Crippen LogP contribution in [0.2, 0.25) is 0 Å². The van der Waals surface area contributed by atoms with Gasteiger partial charge in [-0.25, -0.2) is 27.5 Å². The summed E-state index contributed by atoms with van der Waals surface area (Å²) in [6.45, 7) is 1.39. The molecule has 2 atom stereocenters. The molecule has 1 aromatic carbocycles. The quantitative estimate of drug-likeness (QED) is 0.594. The number of rotatable bonds is 4. The summed E-state index contributed by atoms with van der Waals surface area (Å²) < 4.78 is 42.7. The molecule has 2 aliphatic heterocycles. The van der Waals surface area contributed by atoms with Crippen molar-refractivity contribution < 1.29 is 23.1 Å². The zero-order valence-electron chi connectivity index (χ0n) is 18.4. The Morgan fingerprint density at radius 2 is 2.00 bits per heavy atom. The highest BCUT2D eigenvalue weighted by Gasteiger charge is 2.31. The molecular weight excluding hydrogens is 449 g/mol. The van der Waals surface area contributed by atoms with Gasteiger partial charge in [0.15, 0.2) is 5.65 Å². The van der Waals surface area contributed by atoms with Gasteiger partial charge < -0.3 is 20.2 Å². The van der Waals surface area contributed by atoms with Gasteiger partial charge in [-0.05, 0) is 49.4 Å². The number of aliphatic hydroxyl groups is 1. The summed E-state index contributed by atoms with van der Waals surface area (Å²) >= 11 is 0. The summed E-state index contributed by atoms with van der Waals surface area (Å²) in [5.41, 5.74) is 0.893. The minimum Gasteiger partial charge on any atom is -0.391 e. The molecule has 0 saturated carbocycles. The molecule has 0 spiro atoms. The SMILES string of the molecule is O=C(Nc1cnn2ccc(N3CCC[C@@H]3c3cc(F)ccc3C(F)F)nc12)N1CCC[C@@H](O)C1. The lowest BCUT2D eigenvalue weighted by Crippen LogP contribution is -2.44. The lowest BCUT2D eigenvalue weighted by atomic mass is 9.98. The van der Waals surface area contributed by atoms with E-state index in [0.717, 1.165) is 25.0 Å². The number of urea groups is 1. The Morgan fingerprint density at radius 3 is 2.79 bits per heavy atom. The molecule has 180 valence electrons. The molecule has 11 heteroatoms. The second kappa shape index (κ2) is 9.13. The first-order valence-electron chi connectivity index (χ1n) is 11.3. The Kier molecular flexibility index (Phi) is 6.03. The fourth-order valence-electron chi connectivity index (χ4n) is 4.84. The number of aliphatic hydroxyl groups excluding tert-OH is 1. The van der Waals surface area contributed by atoms with E-state index < -0.39 is 24.4 Å². The van der Waals surface area contributed by atoms with Crippen LogP contribution < -0.4 is 10.2 Å². The standard InChI is InChI=1S/C23H25F3N6O2/c24-14-5-6-16(21(25)26)17(11-14)19-4-2-9-31(19)20-7-10-32-22(29-20)18(12-27-32)28-23(34)30-8-1-3-15(33)13-30/h5-7,10-12,15,19,21,33H,1-4,8-9,13H2,(H,28,34)/t15-,19-/m1/s1. The fraction of sp³-hybridized carbons (Fsp3) is 0.435. The number of alkyl halides is 2.